The Bertz CT molecular complexity index is 658. The van der Waals surface area contributed by atoms with Gasteiger partial charge in [0.2, 0.25) is 10.0 Å². The third-order valence-electron chi connectivity index (χ3n) is 4.05. The van der Waals surface area contributed by atoms with Crippen molar-refractivity contribution in [1.82, 2.24) is 9.21 Å². The van der Waals surface area contributed by atoms with Gasteiger partial charge in [0.1, 0.15) is 10.6 Å². The SMILES string of the molecule is CCCOc1cc(C)c(Cl)cc1S(=O)(=O)N1CCN(CCO)CC1. The van der Waals surface area contributed by atoms with Gasteiger partial charge in [0.15, 0.2) is 0 Å². The summed E-state index contributed by atoms with van der Waals surface area (Å²) in [5.74, 6) is 0.358. The summed E-state index contributed by atoms with van der Waals surface area (Å²) < 4.78 is 33.1. The number of hydrogen-bond donors (Lipinski definition) is 1. The summed E-state index contributed by atoms with van der Waals surface area (Å²) >= 11 is 6.15. The van der Waals surface area contributed by atoms with Crippen LogP contribution in [0.4, 0.5) is 0 Å². The van der Waals surface area contributed by atoms with Gasteiger partial charge in [-0.2, -0.15) is 4.31 Å². The average Bonchev–Trinajstić information content (AvgIpc) is 2.56. The van der Waals surface area contributed by atoms with E-state index in [1.165, 1.54) is 10.4 Å². The molecule has 1 aliphatic heterocycles. The standard InChI is InChI=1S/C16H25ClN2O4S/c1-3-10-23-15-11-13(2)14(17)12-16(15)24(21,22)19-6-4-18(5-7-19)8-9-20/h11-12,20H,3-10H2,1-2H3. The highest BCUT2D eigenvalue weighted by Gasteiger charge is 2.31. The molecule has 1 heterocycles. The lowest BCUT2D eigenvalue weighted by molar-refractivity contribution is 0.151. The summed E-state index contributed by atoms with van der Waals surface area (Å²) in [6.07, 6.45) is 0.793. The van der Waals surface area contributed by atoms with E-state index < -0.39 is 10.0 Å². The molecule has 1 aliphatic rings. The van der Waals surface area contributed by atoms with Crippen LogP contribution < -0.4 is 4.74 Å². The van der Waals surface area contributed by atoms with Gasteiger partial charge in [-0.1, -0.05) is 18.5 Å². The Kier molecular flexibility index (Phi) is 6.88. The molecule has 8 heteroatoms. The molecule has 0 amide bonds. The largest absolute Gasteiger partial charge is 0.492 e. The second-order valence-corrected chi connectivity index (χ2v) is 8.18. The van der Waals surface area contributed by atoms with Crippen molar-refractivity contribution in [2.45, 2.75) is 25.2 Å². The van der Waals surface area contributed by atoms with Gasteiger partial charge in [0.25, 0.3) is 0 Å². The minimum Gasteiger partial charge on any atom is -0.492 e. The Labute approximate surface area is 149 Å². The number of ether oxygens (including phenoxy) is 1. The van der Waals surface area contributed by atoms with Crippen molar-refractivity contribution in [2.24, 2.45) is 0 Å². The molecule has 1 fully saturated rings. The second-order valence-electron chi connectivity index (χ2n) is 5.87. The number of aliphatic hydroxyl groups is 1. The molecular weight excluding hydrogens is 352 g/mol. The Hall–Kier alpha value is -0.860. The van der Waals surface area contributed by atoms with Crippen molar-refractivity contribution in [3.8, 4) is 5.75 Å². The van der Waals surface area contributed by atoms with E-state index in [1.54, 1.807) is 6.07 Å². The first-order chi connectivity index (χ1) is 11.4. The Morgan fingerprint density at radius 3 is 2.50 bits per heavy atom. The van der Waals surface area contributed by atoms with Gasteiger partial charge in [-0.05, 0) is 31.0 Å². The highest BCUT2D eigenvalue weighted by atomic mass is 35.5. The zero-order valence-electron chi connectivity index (χ0n) is 14.2. The van der Waals surface area contributed by atoms with Crippen LogP contribution in [0.25, 0.3) is 0 Å². The first-order valence-corrected chi connectivity index (χ1v) is 9.98. The second kappa shape index (κ2) is 8.49. The van der Waals surface area contributed by atoms with Crippen molar-refractivity contribution in [1.29, 1.82) is 0 Å². The number of hydrogen-bond acceptors (Lipinski definition) is 5. The number of rotatable bonds is 7. The number of nitrogens with zero attached hydrogens (tertiary/aromatic N) is 2. The molecule has 1 aromatic carbocycles. The van der Waals surface area contributed by atoms with Gasteiger partial charge in [-0.25, -0.2) is 8.42 Å². The summed E-state index contributed by atoms with van der Waals surface area (Å²) in [5, 5.41) is 9.41. The molecule has 0 radical (unpaired) electrons. The molecule has 1 N–H and O–H groups in total. The number of halogens is 1. The van der Waals surface area contributed by atoms with E-state index >= 15 is 0 Å². The fourth-order valence-electron chi connectivity index (χ4n) is 2.64. The van der Waals surface area contributed by atoms with Crippen LogP contribution in [0.1, 0.15) is 18.9 Å². The maximum absolute atomic E-state index is 13.0. The van der Waals surface area contributed by atoms with Crippen LogP contribution in [0.3, 0.4) is 0 Å². The van der Waals surface area contributed by atoms with Crippen molar-refractivity contribution in [3.05, 3.63) is 22.7 Å². The number of sulfonamides is 1. The fraction of sp³-hybridized carbons (Fsp3) is 0.625. The monoisotopic (exact) mass is 376 g/mol. The Balaban J connectivity index is 2.27. The van der Waals surface area contributed by atoms with Gasteiger partial charge < -0.3 is 9.84 Å². The van der Waals surface area contributed by atoms with E-state index in [-0.39, 0.29) is 11.5 Å². The van der Waals surface area contributed by atoms with E-state index in [1.807, 2.05) is 18.7 Å². The van der Waals surface area contributed by atoms with E-state index in [0.29, 0.717) is 50.1 Å². The molecule has 0 bridgehead atoms. The van der Waals surface area contributed by atoms with E-state index in [0.717, 1.165) is 12.0 Å². The van der Waals surface area contributed by atoms with Gasteiger partial charge in [-0.15, -0.1) is 0 Å². The average molecular weight is 377 g/mol. The third kappa shape index (κ3) is 4.40. The first kappa shape index (κ1) is 19.5. The summed E-state index contributed by atoms with van der Waals surface area (Å²) in [4.78, 5) is 2.17. The maximum Gasteiger partial charge on any atom is 0.246 e. The highest BCUT2D eigenvalue weighted by molar-refractivity contribution is 7.89. The lowest BCUT2D eigenvalue weighted by Gasteiger charge is -2.33. The summed E-state index contributed by atoms with van der Waals surface area (Å²) in [6, 6.07) is 3.17. The predicted octanol–water partition coefficient (Wildman–Crippen LogP) is 1.74. The van der Waals surface area contributed by atoms with Gasteiger partial charge in [-0.3, -0.25) is 4.90 Å². The number of benzene rings is 1. The number of aliphatic hydroxyl groups excluding tert-OH is 1. The smallest absolute Gasteiger partial charge is 0.246 e. The highest BCUT2D eigenvalue weighted by Crippen LogP contribution is 2.32. The molecular formula is C16H25ClN2O4S. The molecule has 6 nitrogen and oxygen atoms in total. The first-order valence-electron chi connectivity index (χ1n) is 8.16. The van der Waals surface area contributed by atoms with Crippen LogP contribution in [-0.2, 0) is 10.0 Å². The van der Waals surface area contributed by atoms with Crippen LogP contribution in [-0.4, -0.2) is 68.7 Å². The normalized spacial score (nSPS) is 17.2. The molecule has 136 valence electrons. The van der Waals surface area contributed by atoms with Crippen molar-refractivity contribution >= 4 is 21.6 Å². The van der Waals surface area contributed by atoms with Crippen LogP contribution >= 0.6 is 11.6 Å². The quantitative estimate of drug-likeness (QED) is 0.784. The number of aryl methyl sites for hydroxylation is 1. The summed E-state index contributed by atoms with van der Waals surface area (Å²) in [6.45, 7) is 6.87. The lowest BCUT2D eigenvalue weighted by Crippen LogP contribution is -2.49. The zero-order valence-corrected chi connectivity index (χ0v) is 15.7. The summed E-state index contributed by atoms with van der Waals surface area (Å²) in [5.41, 5.74) is 0.787. The molecule has 0 atom stereocenters. The van der Waals surface area contributed by atoms with Crippen molar-refractivity contribution < 1.29 is 18.3 Å². The maximum atomic E-state index is 13.0. The van der Waals surface area contributed by atoms with Crippen LogP contribution in [0.15, 0.2) is 17.0 Å². The van der Waals surface area contributed by atoms with Crippen LogP contribution in [0.5, 0.6) is 5.75 Å². The van der Waals surface area contributed by atoms with Crippen LogP contribution in [0, 0.1) is 6.92 Å². The zero-order chi connectivity index (χ0) is 17.7. The molecule has 24 heavy (non-hydrogen) atoms. The number of piperazine rings is 1. The fourth-order valence-corrected chi connectivity index (χ4v) is 4.43. The third-order valence-corrected chi connectivity index (χ3v) is 6.38. The minimum absolute atomic E-state index is 0.0787. The van der Waals surface area contributed by atoms with Crippen molar-refractivity contribution in [2.75, 3.05) is 45.9 Å². The molecule has 0 unspecified atom stereocenters. The van der Waals surface area contributed by atoms with E-state index in [4.69, 9.17) is 21.4 Å². The molecule has 1 saturated heterocycles. The van der Waals surface area contributed by atoms with Gasteiger partial charge >= 0.3 is 0 Å². The Morgan fingerprint density at radius 2 is 1.92 bits per heavy atom. The molecule has 0 saturated carbocycles. The van der Waals surface area contributed by atoms with E-state index in [9.17, 15) is 8.42 Å². The molecule has 0 aliphatic carbocycles. The minimum atomic E-state index is -3.67. The molecule has 2 rings (SSSR count). The van der Waals surface area contributed by atoms with Crippen LogP contribution in [0.2, 0.25) is 5.02 Å². The van der Waals surface area contributed by atoms with Gasteiger partial charge in [0.05, 0.1) is 13.2 Å². The number of β-amino-alcohol motifs (C(OH)–C–C–N with tert-alkyl or cyclic N) is 1. The topological polar surface area (TPSA) is 70.1 Å². The summed E-state index contributed by atoms with van der Waals surface area (Å²) in [7, 11) is -3.67. The lowest BCUT2D eigenvalue weighted by atomic mass is 10.2. The molecule has 1 aromatic rings. The molecule has 0 aromatic heterocycles. The Morgan fingerprint density at radius 1 is 1.25 bits per heavy atom. The van der Waals surface area contributed by atoms with E-state index in [2.05, 4.69) is 0 Å². The van der Waals surface area contributed by atoms with Gasteiger partial charge in [0, 0.05) is 37.7 Å². The van der Waals surface area contributed by atoms with Crippen molar-refractivity contribution in [3.63, 3.8) is 0 Å². The molecule has 0 spiro atoms. The predicted molar refractivity (Wildman–Crippen MR) is 94.3 cm³/mol.